The molecule has 0 aliphatic carbocycles. The van der Waals surface area contributed by atoms with E-state index >= 15 is 0 Å². The van der Waals surface area contributed by atoms with Crippen molar-refractivity contribution in [1.82, 2.24) is 9.97 Å². The Labute approximate surface area is 157 Å². The van der Waals surface area contributed by atoms with Crippen molar-refractivity contribution in [3.05, 3.63) is 96.0 Å². The lowest BCUT2D eigenvalue weighted by Gasteiger charge is -2.09. The minimum absolute atomic E-state index is 0.828. The van der Waals surface area contributed by atoms with Gasteiger partial charge in [0.2, 0.25) is 0 Å². The van der Waals surface area contributed by atoms with E-state index < -0.39 is 0 Å². The van der Waals surface area contributed by atoms with Crippen LogP contribution >= 0.6 is 0 Å². The predicted octanol–water partition coefficient (Wildman–Crippen LogP) is 5.94. The van der Waals surface area contributed by atoms with Crippen LogP contribution in [0, 0.1) is 6.92 Å². The van der Waals surface area contributed by atoms with E-state index in [0.29, 0.717) is 0 Å². The fourth-order valence-corrected chi connectivity index (χ4v) is 3.59. The summed E-state index contributed by atoms with van der Waals surface area (Å²) in [7, 11) is 0. The van der Waals surface area contributed by atoms with E-state index in [9.17, 15) is 0 Å². The number of fused-ring (bicyclic) bond motifs is 3. The third kappa shape index (κ3) is 2.87. The molecule has 0 unspecified atom stereocenters. The van der Waals surface area contributed by atoms with Gasteiger partial charge in [-0.25, -0.2) is 0 Å². The van der Waals surface area contributed by atoms with Crippen LogP contribution in [0.25, 0.3) is 33.1 Å². The summed E-state index contributed by atoms with van der Waals surface area (Å²) in [5, 5.41) is 2.12. The first-order valence-corrected chi connectivity index (χ1v) is 9.04. The maximum Gasteiger partial charge on any atom is 0.160 e. The van der Waals surface area contributed by atoms with Crippen molar-refractivity contribution >= 4 is 21.9 Å². The molecule has 0 amide bonds. The van der Waals surface area contributed by atoms with Gasteiger partial charge in [-0.2, -0.15) is 0 Å². The molecule has 130 valence electrons. The molecule has 3 nitrogen and oxygen atoms in total. The maximum absolute atomic E-state index is 5.68. The lowest BCUT2D eigenvalue weighted by atomic mass is 9.99. The zero-order valence-electron chi connectivity index (χ0n) is 15.0. The summed E-state index contributed by atoms with van der Waals surface area (Å²) in [5.74, 6) is 0. The Bertz CT molecular complexity index is 1260. The van der Waals surface area contributed by atoms with Gasteiger partial charge < -0.3 is 4.42 Å². The van der Waals surface area contributed by atoms with Gasteiger partial charge >= 0.3 is 0 Å². The number of rotatable bonds is 3. The molecule has 0 fully saturated rings. The Balaban J connectivity index is 1.68. The summed E-state index contributed by atoms with van der Waals surface area (Å²) in [4.78, 5) is 9.30. The van der Waals surface area contributed by atoms with Crippen molar-refractivity contribution in [1.29, 1.82) is 0 Å². The van der Waals surface area contributed by atoms with E-state index in [0.717, 1.165) is 45.1 Å². The van der Waals surface area contributed by atoms with Crippen LogP contribution in [-0.2, 0) is 6.42 Å². The van der Waals surface area contributed by atoms with Gasteiger partial charge in [0.05, 0.1) is 12.0 Å². The van der Waals surface area contributed by atoms with Crippen molar-refractivity contribution in [2.75, 3.05) is 0 Å². The smallest absolute Gasteiger partial charge is 0.160 e. The second kappa shape index (κ2) is 6.36. The van der Waals surface area contributed by atoms with Crippen LogP contribution in [0.4, 0.5) is 0 Å². The summed E-state index contributed by atoms with van der Waals surface area (Å²) in [6.45, 7) is 2.06. The summed E-state index contributed by atoms with van der Waals surface area (Å²) >= 11 is 0. The number of aryl methyl sites for hydroxylation is 1. The fraction of sp³-hybridized carbons (Fsp3) is 0.0833. The molecule has 3 heterocycles. The van der Waals surface area contributed by atoms with E-state index in [4.69, 9.17) is 4.42 Å². The molecule has 0 aliphatic rings. The Morgan fingerprint density at radius 1 is 0.889 bits per heavy atom. The van der Waals surface area contributed by atoms with Crippen LogP contribution < -0.4 is 0 Å². The van der Waals surface area contributed by atoms with E-state index in [1.807, 2.05) is 24.5 Å². The highest BCUT2D eigenvalue weighted by Gasteiger charge is 2.13. The van der Waals surface area contributed by atoms with Crippen LogP contribution in [0.15, 0.2) is 83.7 Å². The first kappa shape index (κ1) is 15.8. The van der Waals surface area contributed by atoms with Crippen LogP contribution in [-0.4, -0.2) is 9.97 Å². The highest BCUT2D eigenvalue weighted by molar-refractivity contribution is 6.09. The molecule has 2 aromatic carbocycles. The highest BCUT2D eigenvalue weighted by atomic mass is 16.3. The van der Waals surface area contributed by atoms with Gasteiger partial charge in [-0.15, -0.1) is 0 Å². The van der Waals surface area contributed by atoms with Gasteiger partial charge in [-0.1, -0.05) is 30.3 Å². The lowest BCUT2D eigenvalue weighted by molar-refractivity contribution is 0.618. The highest BCUT2D eigenvalue weighted by Crippen LogP contribution is 2.34. The summed E-state index contributed by atoms with van der Waals surface area (Å²) < 4.78 is 5.68. The molecule has 0 N–H and O–H groups in total. The Morgan fingerprint density at radius 3 is 2.67 bits per heavy atom. The van der Waals surface area contributed by atoms with Crippen molar-refractivity contribution in [3.8, 4) is 11.3 Å². The zero-order chi connectivity index (χ0) is 18.2. The van der Waals surface area contributed by atoms with Gasteiger partial charge in [0.1, 0.15) is 5.52 Å². The van der Waals surface area contributed by atoms with Gasteiger partial charge in [0.25, 0.3) is 0 Å². The van der Waals surface area contributed by atoms with Crippen molar-refractivity contribution < 1.29 is 4.42 Å². The number of hydrogen-bond donors (Lipinski definition) is 0. The number of pyridine rings is 2. The quantitative estimate of drug-likeness (QED) is 0.404. The maximum atomic E-state index is 5.68. The molecular formula is C24H18N2O. The molecule has 5 aromatic rings. The van der Waals surface area contributed by atoms with Crippen molar-refractivity contribution in [3.63, 3.8) is 0 Å². The number of nitrogens with zero attached hydrogens (tertiary/aromatic N) is 2. The summed E-state index contributed by atoms with van der Waals surface area (Å²) in [6.07, 6.45) is 6.38. The molecule has 3 aromatic heterocycles. The lowest BCUT2D eigenvalue weighted by Crippen LogP contribution is -1.93. The molecule has 0 atom stereocenters. The van der Waals surface area contributed by atoms with Gasteiger partial charge in [-0.3, -0.25) is 9.97 Å². The summed E-state index contributed by atoms with van der Waals surface area (Å²) in [6, 6.07) is 21.0. The van der Waals surface area contributed by atoms with Crippen LogP contribution in [0.2, 0.25) is 0 Å². The van der Waals surface area contributed by atoms with Crippen molar-refractivity contribution in [2.24, 2.45) is 0 Å². The van der Waals surface area contributed by atoms with Crippen LogP contribution in [0.5, 0.6) is 0 Å². The third-order valence-corrected chi connectivity index (χ3v) is 4.88. The van der Waals surface area contributed by atoms with Gasteiger partial charge in [-0.05, 0) is 60.4 Å². The molecule has 0 saturated carbocycles. The van der Waals surface area contributed by atoms with Crippen LogP contribution in [0.3, 0.4) is 0 Å². The molecular weight excluding hydrogens is 332 g/mol. The topological polar surface area (TPSA) is 38.9 Å². The van der Waals surface area contributed by atoms with Gasteiger partial charge in [0.15, 0.2) is 5.58 Å². The SMILES string of the molecule is Cc1cnc2c(c1)c(-c1cc(Cc3ccccc3)ccn1)cc1ccoc12. The van der Waals surface area contributed by atoms with E-state index in [1.165, 1.54) is 11.1 Å². The molecule has 0 bridgehead atoms. The minimum atomic E-state index is 0.828. The van der Waals surface area contributed by atoms with Gasteiger partial charge in [0, 0.05) is 28.7 Å². The summed E-state index contributed by atoms with van der Waals surface area (Å²) in [5.41, 5.74) is 7.42. The molecule has 0 spiro atoms. The van der Waals surface area contributed by atoms with Crippen molar-refractivity contribution in [2.45, 2.75) is 13.3 Å². The van der Waals surface area contributed by atoms with E-state index in [1.54, 1.807) is 6.26 Å². The average Bonchev–Trinajstić information content (AvgIpc) is 3.17. The largest absolute Gasteiger partial charge is 0.462 e. The molecule has 0 aliphatic heterocycles. The second-order valence-corrected chi connectivity index (χ2v) is 6.88. The van der Waals surface area contributed by atoms with E-state index in [2.05, 4.69) is 65.4 Å². The second-order valence-electron chi connectivity index (χ2n) is 6.88. The normalized spacial score (nSPS) is 11.3. The Hall–Kier alpha value is -3.46. The zero-order valence-corrected chi connectivity index (χ0v) is 15.0. The molecule has 3 heteroatoms. The third-order valence-electron chi connectivity index (χ3n) is 4.88. The Morgan fingerprint density at radius 2 is 1.78 bits per heavy atom. The number of benzene rings is 2. The first-order chi connectivity index (χ1) is 13.3. The number of hydrogen-bond acceptors (Lipinski definition) is 3. The molecule has 5 rings (SSSR count). The predicted molar refractivity (Wildman–Crippen MR) is 109 cm³/mol. The molecule has 0 saturated heterocycles. The van der Waals surface area contributed by atoms with Crippen LogP contribution in [0.1, 0.15) is 16.7 Å². The fourth-order valence-electron chi connectivity index (χ4n) is 3.59. The number of aromatic nitrogens is 2. The molecule has 0 radical (unpaired) electrons. The average molecular weight is 350 g/mol. The first-order valence-electron chi connectivity index (χ1n) is 9.04. The standard InChI is InChI=1S/C24H18N2O/c1-16-11-21-20(14-19-8-10-27-24(19)23(21)26-15-16)22-13-18(7-9-25-22)12-17-5-3-2-4-6-17/h2-11,13-15H,12H2,1H3. The van der Waals surface area contributed by atoms with E-state index in [-0.39, 0.29) is 0 Å². The minimum Gasteiger partial charge on any atom is -0.462 e. The monoisotopic (exact) mass is 350 g/mol. The number of furan rings is 1. The molecule has 27 heavy (non-hydrogen) atoms. The Kier molecular flexibility index (Phi) is 3.72.